The number of nitrogens with two attached hydrogens (primary N) is 1. The minimum Gasteiger partial charge on any atom is -0.462 e. The summed E-state index contributed by atoms with van der Waals surface area (Å²) in [6.07, 6.45) is 27.8. The number of nitrogen functional groups attached to an aromatic ring is 1. The molecule has 1 fully saturated rings. The molecule has 19 nitrogen and oxygen atoms in total. The van der Waals surface area contributed by atoms with Crippen molar-refractivity contribution in [3.63, 3.8) is 0 Å². The van der Waals surface area contributed by atoms with E-state index in [1.807, 2.05) is 42.5 Å². The zero-order valence-electron chi connectivity index (χ0n) is 39.7. The van der Waals surface area contributed by atoms with E-state index < -0.39 is 89.8 Å². The zero-order chi connectivity index (χ0) is 50.2. The summed E-state index contributed by atoms with van der Waals surface area (Å²) < 4.78 is 56.5. The molecule has 0 saturated carbocycles. The van der Waals surface area contributed by atoms with Crippen LogP contribution in [0.15, 0.2) is 90.0 Å². The van der Waals surface area contributed by atoms with Crippen molar-refractivity contribution < 1.29 is 71.4 Å². The third kappa shape index (κ3) is 27.4. The molecule has 9 atom stereocenters. The second-order valence-corrected chi connectivity index (χ2v) is 19.4. The number of anilines is 1. The Morgan fingerprint density at radius 2 is 1.49 bits per heavy atom. The minimum atomic E-state index is -5.45. The first-order valence-electron chi connectivity index (χ1n) is 23.5. The van der Waals surface area contributed by atoms with Gasteiger partial charge in [-0.2, -0.15) is 9.29 Å². The van der Waals surface area contributed by atoms with Gasteiger partial charge in [0.2, 0.25) is 0 Å². The van der Waals surface area contributed by atoms with Crippen LogP contribution in [-0.2, 0) is 46.3 Å². The molecule has 1 aliphatic rings. The van der Waals surface area contributed by atoms with Gasteiger partial charge in [0.05, 0.1) is 19.3 Å². The Labute approximate surface area is 400 Å². The fourth-order valence-corrected chi connectivity index (χ4v) is 8.51. The molecule has 1 aromatic rings. The molecule has 4 unspecified atom stereocenters. The summed E-state index contributed by atoms with van der Waals surface area (Å²) >= 11 is 0. The van der Waals surface area contributed by atoms with Crippen LogP contribution in [0.1, 0.15) is 130 Å². The highest BCUT2D eigenvalue weighted by molar-refractivity contribution is 7.61. The van der Waals surface area contributed by atoms with Crippen LogP contribution in [0.25, 0.3) is 0 Å². The molecule has 0 radical (unpaired) electrons. The maximum atomic E-state index is 12.8. The lowest BCUT2D eigenvalue weighted by molar-refractivity contribution is -0.161. The number of carbonyl (C=O) groups excluding carboxylic acids is 2. The van der Waals surface area contributed by atoms with Gasteiger partial charge in [0.25, 0.3) is 0 Å². The number of unbranched alkanes of at least 4 members (excludes halogenated alkanes) is 5. The maximum Gasteiger partial charge on any atom is 0.481 e. The fourth-order valence-electron chi connectivity index (χ4n) is 6.40. The highest BCUT2D eigenvalue weighted by Crippen LogP contribution is 2.60. The third-order valence-electron chi connectivity index (χ3n) is 10.4. The molecular formula is C47H75N3O16P2. The molecule has 1 saturated heterocycles. The van der Waals surface area contributed by atoms with Crippen molar-refractivity contribution in [2.75, 3.05) is 25.6 Å². The number of allylic oxidation sites excluding steroid dienone is 10. The predicted octanol–water partition coefficient (Wildman–Crippen LogP) is 7.77. The van der Waals surface area contributed by atoms with Gasteiger partial charge in [0, 0.05) is 19.0 Å². The Kier molecular flexibility index (Phi) is 30.5. The molecule has 0 aromatic carbocycles. The van der Waals surface area contributed by atoms with Gasteiger partial charge in [-0.25, -0.2) is 13.9 Å². The van der Waals surface area contributed by atoms with Gasteiger partial charge in [0.1, 0.15) is 30.7 Å². The zero-order valence-corrected chi connectivity index (χ0v) is 41.4. The molecule has 2 heterocycles. The summed E-state index contributed by atoms with van der Waals surface area (Å²) in [6.45, 7) is 4.09. The van der Waals surface area contributed by atoms with Gasteiger partial charge in [-0.15, -0.1) is 0 Å². The topological polar surface area (TPSA) is 286 Å². The molecule has 7 N–H and O–H groups in total. The van der Waals surface area contributed by atoms with Gasteiger partial charge in [-0.1, -0.05) is 139 Å². The first-order chi connectivity index (χ1) is 32.5. The molecule has 2 rings (SSSR count). The normalized spacial score (nSPS) is 21.1. The summed E-state index contributed by atoms with van der Waals surface area (Å²) in [6, 6.07) is 1.24. The first-order valence-corrected chi connectivity index (χ1v) is 26.4. The molecule has 0 amide bonds. The number of carbonyl (C=O) groups is 2. The number of rotatable bonds is 36. The largest absolute Gasteiger partial charge is 0.481 e. The number of hydrogen-bond donors (Lipinski definition) is 6. The van der Waals surface area contributed by atoms with Gasteiger partial charge >= 0.3 is 33.3 Å². The molecule has 384 valence electrons. The van der Waals surface area contributed by atoms with Crippen LogP contribution in [0.3, 0.4) is 0 Å². The molecule has 68 heavy (non-hydrogen) atoms. The Balaban J connectivity index is 1.87. The molecular weight excluding hydrogens is 924 g/mol. The molecule has 21 heteroatoms. The number of aliphatic hydroxyl groups is 3. The maximum absolute atomic E-state index is 12.8. The lowest BCUT2D eigenvalue weighted by Gasteiger charge is -2.21. The van der Waals surface area contributed by atoms with Crippen LogP contribution in [0, 0.1) is 5.92 Å². The SMILES string of the molecule is CC/C=C\C/C=C\CC(O)/C=C/C=C\C/C=C\C/C=C\CCC(=O)O[C@H](COC(=O)CCCCCCCCC(C)CC)COP(=O)(O)OP(=O)(O)OC[C@H]1O[C@@H](n2ccc(N)nc2=O)[C@H](O)[C@@H]1O. The summed E-state index contributed by atoms with van der Waals surface area (Å²) in [5.41, 5.74) is 4.56. The fraction of sp³-hybridized carbons (Fsp3) is 0.617. The van der Waals surface area contributed by atoms with E-state index in [0.29, 0.717) is 31.6 Å². The van der Waals surface area contributed by atoms with Gasteiger partial charge in [-0.05, 0) is 56.9 Å². The minimum absolute atomic E-state index is 0.0956. The van der Waals surface area contributed by atoms with Crippen molar-refractivity contribution in [1.82, 2.24) is 9.55 Å². The monoisotopic (exact) mass is 999 g/mol. The number of aromatic nitrogens is 2. The number of nitrogens with zero attached hydrogens (tertiary/aromatic N) is 2. The average Bonchev–Trinajstić information content (AvgIpc) is 3.57. The molecule has 0 spiro atoms. The van der Waals surface area contributed by atoms with Crippen LogP contribution < -0.4 is 11.4 Å². The summed E-state index contributed by atoms with van der Waals surface area (Å²) in [4.78, 5) is 61.6. The van der Waals surface area contributed by atoms with Crippen molar-refractivity contribution in [1.29, 1.82) is 0 Å². The van der Waals surface area contributed by atoms with Crippen LogP contribution in [-0.4, -0.2) is 96.9 Å². The first kappa shape index (κ1) is 60.3. The van der Waals surface area contributed by atoms with E-state index in [-0.39, 0.29) is 25.1 Å². The molecule has 1 aliphatic heterocycles. The van der Waals surface area contributed by atoms with E-state index in [1.54, 1.807) is 18.2 Å². The summed E-state index contributed by atoms with van der Waals surface area (Å²) in [5.74, 6) is -0.733. The Hall–Kier alpha value is -3.84. The Morgan fingerprint density at radius 3 is 2.19 bits per heavy atom. The average molecular weight is 1000 g/mol. The smallest absolute Gasteiger partial charge is 0.462 e. The Bertz CT molecular complexity index is 1950. The van der Waals surface area contributed by atoms with E-state index in [2.05, 4.69) is 42.2 Å². The highest BCUT2D eigenvalue weighted by atomic mass is 31.3. The number of phosphoric acid groups is 2. The van der Waals surface area contributed by atoms with Crippen molar-refractivity contribution in [2.45, 2.75) is 160 Å². The quantitative estimate of drug-likeness (QED) is 0.0123. The number of ether oxygens (including phenoxy) is 3. The summed E-state index contributed by atoms with van der Waals surface area (Å²) in [7, 11) is -10.9. The molecule has 1 aromatic heterocycles. The van der Waals surface area contributed by atoms with Gasteiger partial charge in [-0.3, -0.25) is 23.2 Å². The van der Waals surface area contributed by atoms with Gasteiger partial charge in [0.15, 0.2) is 12.3 Å². The lowest BCUT2D eigenvalue weighted by atomic mass is 10.00. The van der Waals surface area contributed by atoms with Crippen molar-refractivity contribution in [2.24, 2.45) is 5.92 Å². The number of esters is 2. The second kappa shape index (κ2) is 34.5. The lowest BCUT2D eigenvalue weighted by Crippen LogP contribution is -2.36. The van der Waals surface area contributed by atoms with Crippen LogP contribution in [0.5, 0.6) is 0 Å². The number of aliphatic hydroxyl groups excluding tert-OH is 3. The van der Waals surface area contributed by atoms with E-state index in [0.717, 1.165) is 55.7 Å². The summed E-state index contributed by atoms with van der Waals surface area (Å²) in [5, 5.41) is 30.9. The Morgan fingerprint density at radius 1 is 0.838 bits per heavy atom. The predicted molar refractivity (Wildman–Crippen MR) is 258 cm³/mol. The van der Waals surface area contributed by atoms with Crippen LogP contribution >= 0.6 is 15.6 Å². The van der Waals surface area contributed by atoms with Gasteiger partial charge < -0.3 is 45.1 Å². The molecule has 0 aliphatic carbocycles. The van der Waals surface area contributed by atoms with E-state index >= 15 is 0 Å². The number of phosphoric ester groups is 2. The number of hydrogen-bond acceptors (Lipinski definition) is 16. The van der Waals surface area contributed by atoms with E-state index in [9.17, 15) is 48.6 Å². The van der Waals surface area contributed by atoms with Crippen LogP contribution in [0.4, 0.5) is 5.82 Å². The van der Waals surface area contributed by atoms with E-state index in [1.165, 1.54) is 18.9 Å². The highest BCUT2D eigenvalue weighted by Gasteiger charge is 2.46. The second-order valence-electron chi connectivity index (χ2n) is 16.3. The standard InChI is InChI=1S/C47H75N3O16P2/c1-4-6-7-8-18-23-28-38(51)29-24-19-13-11-9-10-12-14-21-26-31-43(53)64-39(34-61-42(52)30-25-20-16-15-17-22-27-37(3)5-2)35-62-67(57,58)66-68(59,60)63-36-40-44(54)45(55)46(65-40)50-33-32-41(48)49-47(50)56/h6-7,9-10,13-14,18-19,21,23-24,29,32-33,37-40,44-46,51,54-55H,4-5,8,11-12,15-17,20,22,25-28,30-31,34-36H2,1-3H3,(H,57,58)(H,59,60)(H2,48,49,56)/b7-6-,10-9-,19-13-,21-14-,23-18-,29-24+/t37?,38?,39-,40-,44-,45-,46-/m1/s1. The third-order valence-corrected chi connectivity index (χ3v) is 13.0. The van der Waals surface area contributed by atoms with Crippen molar-refractivity contribution in [3.8, 4) is 0 Å². The van der Waals surface area contributed by atoms with Crippen molar-refractivity contribution >= 4 is 33.4 Å². The van der Waals surface area contributed by atoms with Crippen LogP contribution in [0.2, 0.25) is 0 Å². The molecule has 0 bridgehead atoms. The van der Waals surface area contributed by atoms with Crippen molar-refractivity contribution in [3.05, 3.63) is 95.7 Å². The van der Waals surface area contributed by atoms with E-state index in [4.69, 9.17) is 29.0 Å².